The number of likely N-dealkylation sites (tertiary alicyclic amines) is 1. The van der Waals surface area contributed by atoms with Gasteiger partial charge in [-0.25, -0.2) is 0 Å². The number of phenolic OH excluding ortho intramolecular Hbond substituents is 1. The van der Waals surface area contributed by atoms with Gasteiger partial charge in [0.2, 0.25) is 0 Å². The van der Waals surface area contributed by atoms with Crippen molar-refractivity contribution in [3.8, 4) is 11.5 Å². The van der Waals surface area contributed by atoms with Gasteiger partial charge in [0.15, 0.2) is 0 Å². The molecule has 1 saturated heterocycles. The third-order valence-corrected chi connectivity index (χ3v) is 3.81. The molecule has 1 aliphatic heterocycles. The van der Waals surface area contributed by atoms with E-state index in [1.165, 1.54) is 13.2 Å². The number of methoxy groups -OCH3 is 1. The van der Waals surface area contributed by atoms with Crippen LogP contribution < -0.4 is 10.5 Å². The SMILES string of the molecule is COc1ccc(C(=O)N2CCCC2CCCN)c(O)c1. The first-order valence-corrected chi connectivity index (χ1v) is 7.05. The van der Waals surface area contributed by atoms with E-state index < -0.39 is 0 Å². The summed E-state index contributed by atoms with van der Waals surface area (Å²) in [6.45, 7) is 1.39. The molecule has 1 atom stereocenters. The molecule has 0 spiro atoms. The minimum atomic E-state index is -0.107. The monoisotopic (exact) mass is 278 g/mol. The van der Waals surface area contributed by atoms with Crippen LogP contribution in [0.25, 0.3) is 0 Å². The van der Waals surface area contributed by atoms with Crippen LogP contribution in [0.15, 0.2) is 18.2 Å². The third kappa shape index (κ3) is 3.04. The van der Waals surface area contributed by atoms with E-state index in [4.69, 9.17) is 10.5 Å². The number of hydrogen-bond donors (Lipinski definition) is 2. The fraction of sp³-hybridized carbons (Fsp3) is 0.533. The average molecular weight is 278 g/mol. The van der Waals surface area contributed by atoms with Crippen LogP contribution in [0.5, 0.6) is 11.5 Å². The number of benzene rings is 1. The largest absolute Gasteiger partial charge is 0.507 e. The van der Waals surface area contributed by atoms with Gasteiger partial charge in [-0.2, -0.15) is 0 Å². The lowest BCUT2D eigenvalue weighted by Crippen LogP contribution is -2.35. The number of carbonyl (C=O) groups excluding carboxylic acids is 1. The van der Waals surface area contributed by atoms with Gasteiger partial charge in [-0.3, -0.25) is 4.79 Å². The second-order valence-corrected chi connectivity index (χ2v) is 5.11. The van der Waals surface area contributed by atoms with E-state index >= 15 is 0 Å². The Balaban J connectivity index is 2.13. The highest BCUT2D eigenvalue weighted by molar-refractivity contribution is 5.97. The predicted octanol–water partition coefficient (Wildman–Crippen LogP) is 1.74. The maximum absolute atomic E-state index is 12.5. The number of ether oxygens (including phenoxy) is 1. The van der Waals surface area contributed by atoms with Crippen molar-refractivity contribution in [3.05, 3.63) is 23.8 Å². The Bertz CT molecular complexity index is 476. The summed E-state index contributed by atoms with van der Waals surface area (Å²) >= 11 is 0. The lowest BCUT2D eigenvalue weighted by molar-refractivity contribution is 0.0726. The lowest BCUT2D eigenvalue weighted by atomic mass is 10.1. The van der Waals surface area contributed by atoms with Gasteiger partial charge in [0.25, 0.3) is 5.91 Å². The third-order valence-electron chi connectivity index (χ3n) is 3.81. The van der Waals surface area contributed by atoms with Crippen LogP contribution in [-0.4, -0.2) is 42.2 Å². The highest BCUT2D eigenvalue weighted by Gasteiger charge is 2.30. The molecular weight excluding hydrogens is 256 g/mol. The normalized spacial score (nSPS) is 18.3. The molecular formula is C15H22N2O3. The van der Waals surface area contributed by atoms with Gasteiger partial charge in [0.1, 0.15) is 11.5 Å². The number of nitrogens with two attached hydrogens (primary N) is 1. The molecule has 20 heavy (non-hydrogen) atoms. The quantitative estimate of drug-likeness (QED) is 0.860. The summed E-state index contributed by atoms with van der Waals surface area (Å²) in [6.07, 6.45) is 3.88. The van der Waals surface area contributed by atoms with Gasteiger partial charge < -0.3 is 20.5 Å². The van der Waals surface area contributed by atoms with Crippen LogP contribution in [0.4, 0.5) is 0 Å². The molecule has 2 rings (SSSR count). The van der Waals surface area contributed by atoms with Crippen molar-refractivity contribution in [2.45, 2.75) is 31.7 Å². The summed E-state index contributed by atoms with van der Waals surface area (Å²) in [7, 11) is 1.53. The van der Waals surface area contributed by atoms with E-state index in [0.29, 0.717) is 17.9 Å². The summed E-state index contributed by atoms with van der Waals surface area (Å²) in [5.41, 5.74) is 5.88. The van der Waals surface area contributed by atoms with Gasteiger partial charge in [-0.05, 0) is 44.4 Å². The molecule has 0 saturated carbocycles. The molecule has 1 aliphatic rings. The van der Waals surface area contributed by atoms with Crippen molar-refractivity contribution in [1.82, 2.24) is 4.90 Å². The number of nitrogens with zero attached hydrogens (tertiary/aromatic N) is 1. The van der Waals surface area contributed by atoms with Crippen molar-refractivity contribution < 1.29 is 14.6 Å². The number of phenols is 1. The van der Waals surface area contributed by atoms with E-state index in [1.807, 2.05) is 4.90 Å². The fourth-order valence-electron chi connectivity index (χ4n) is 2.73. The molecule has 3 N–H and O–H groups in total. The number of rotatable bonds is 5. The van der Waals surface area contributed by atoms with Gasteiger partial charge in [0.05, 0.1) is 12.7 Å². The molecule has 1 amide bonds. The molecule has 0 bridgehead atoms. The van der Waals surface area contributed by atoms with Crippen molar-refractivity contribution in [3.63, 3.8) is 0 Å². The van der Waals surface area contributed by atoms with E-state index in [0.717, 1.165) is 32.2 Å². The number of carbonyl (C=O) groups is 1. The lowest BCUT2D eigenvalue weighted by Gasteiger charge is -2.25. The second-order valence-electron chi connectivity index (χ2n) is 5.11. The van der Waals surface area contributed by atoms with Crippen LogP contribution in [0, 0.1) is 0 Å². The van der Waals surface area contributed by atoms with Crippen LogP contribution in [-0.2, 0) is 0 Å². The van der Waals surface area contributed by atoms with Crippen LogP contribution in [0.3, 0.4) is 0 Å². The molecule has 0 radical (unpaired) electrons. The Kier molecular flexibility index (Phi) is 4.84. The van der Waals surface area contributed by atoms with Crippen LogP contribution in [0.2, 0.25) is 0 Å². The first kappa shape index (κ1) is 14.7. The molecule has 1 aromatic carbocycles. The van der Waals surface area contributed by atoms with Crippen molar-refractivity contribution in [2.75, 3.05) is 20.2 Å². The fourth-order valence-corrected chi connectivity index (χ4v) is 2.73. The zero-order chi connectivity index (χ0) is 14.5. The Hall–Kier alpha value is -1.75. The van der Waals surface area contributed by atoms with E-state index in [1.54, 1.807) is 12.1 Å². The van der Waals surface area contributed by atoms with E-state index in [9.17, 15) is 9.90 Å². The smallest absolute Gasteiger partial charge is 0.257 e. The minimum absolute atomic E-state index is 0.0289. The summed E-state index contributed by atoms with van der Waals surface area (Å²) in [5, 5.41) is 9.97. The molecule has 1 aromatic rings. The highest BCUT2D eigenvalue weighted by Crippen LogP contribution is 2.28. The summed E-state index contributed by atoms with van der Waals surface area (Å²) in [6, 6.07) is 5.03. The minimum Gasteiger partial charge on any atom is -0.507 e. The summed E-state index contributed by atoms with van der Waals surface area (Å²) in [4.78, 5) is 14.4. The zero-order valence-electron chi connectivity index (χ0n) is 11.8. The van der Waals surface area contributed by atoms with Crippen LogP contribution >= 0.6 is 0 Å². The molecule has 5 nitrogen and oxygen atoms in total. The van der Waals surface area contributed by atoms with Gasteiger partial charge in [-0.1, -0.05) is 0 Å². The van der Waals surface area contributed by atoms with Gasteiger partial charge >= 0.3 is 0 Å². The van der Waals surface area contributed by atoms with Crippen molar-refractivity contribution in [2.24, 2.45) is 5.73 Å². The Morgan fingerprint density at radius 3 is 3.00 bits per heavy atom. The van der Waals surface area contributed by atoms with Gasteiger partial charge in [-0.15, -0.1) is 0 Å². The molecule has 0 aliphatic carbocycles. The molecule has 1 fully saturated rings. The molecule has 1 heterocycles. The molecule has 1 unspecified atom stereocenters. The number of hydrogen-bond acceptors (Lipinski definition) is 4. The first-order valence-electron chi connectivity index (χ1n) is 7.05. The molecule has 5 heteroatoms. The van der Waals surface area contributed by atoms with E-state index in [-0.39, 0.29) is 17.7 Å². The maximum Gasteiger partial charge on any atom is 0.257 e. The van der Waals surface area contributed by atoms with Gasteiger partial charge in [0, 0.05) is 18.7 Å². The standard InChI is InChI=1S/C15H22N2O3/c1-20-12-6-7-13(14(18)10-12)15(19)17-9-3-5-11(17)4-2-8-16/h6-7,10-11,18H,2-5,8-9,16H2,1H3. The average Bonchev–Trinajstić information content (AvgIpc) is 2.92. The summed E-state index contributed by atoms with van der Waals surface area (Å²) < 4.78 is 5.03. The number of aromatic hydroxyl groups is 1. The second kappa shape index (κ2) is 6.61. The van der Waals surface area contributed by atoms with Crippen molar-refractivity contribution in [1.29, 1.82) is 0 Å². The van der Waals surface area contributed by atoms with E-state index in [2.05, 4.69) is 0 Å². The molecule has 110 valence electrons. The summed E-state index contributed by atoms with van der Waals surface area (Å²) in [5.74, 6) is 0.406. The topological polar surface area (TPSA) is 75.8 Å². The Morgan fingerprint density at radius 1 is 1.55 bits per heavy atom. The Labute approximate surface area is 119 Å². The number of amides is 1. The predicted molar refractivity (Wildman–Crippen MR) is 77.0 cm³/mol. The molecule has 0 aromatic heterocycles. The Morgan fingerprint density at radius 2 is 2.35 bits per heavy atom. The highest BCUT2D eigenvalue weighted by atomic mass is 16.5. The first-order chi connectivity index (χ1) is 9.67. The van der Waals surface area contributed by atoms with Crippen molar-refractivity contribution >= 4 is 5.91 Å². The van der Waals surface area contributed by atoms with Crippen LogP contribution in [0.1, 0.15) is 36.0 Å². The maximum atomic E-state index is 12.5. The zero-order valence-corrected chi connectivity index (χ0v) is 11.8.